The summed E-state index contributed by atoms with van der Waals surface area (Å²) in [7, 11) is 2.17. The molecular formula is C16H33Cl2N3O. The van der Waals surface area contributed by atoms with Gasteiger partial charge in [-0.3, -0.25) is 9.69 Å². The number of nitrogens with zero attached hydrogens (tertiary/aromatic N) is 1. The first kappa shape index (κ1) is 22.0. The van der Waals surface area contributed by atoms with Crippen molar-refractivity contribution in [1.82, 2.24) is 15.5 Å². The minimum absolute atomic E-state index is 0. The summed E-state index contributed by atoms with van der Waals surface area (Å²) in [6.45, 7) is 7.42. The van der Waals surface area contributed by atoms with Crippen LogP contribution in [0.5, 0.6) is 0 Å². The molecule has 1 heterocycles. The molecule has 1 saturated carbocycles. The van der Waals surface area contributed by atoms with Crippen molar-refractivity contribution in [2.75, 3.05) is 26.7 Å². The molecule has 0 aromatic rings. The van der Waals surface area contributed by atoms with Crippen LogP contribution in [0.2, 0.25) is 0 Å². The molecule has 3 unspecified atom stereocenters. The second-order valence-electron chi connectivity index (χ2n) is 6.84. The van der Waals surface area contributed by atoms with Gasteiger partial charge in [0.05, 0.1) is 0 Å². The molecule has 6 heteroatoms. The maximum Gasteiger partial charge on any atom is 0.220 e. The lowest BCUT2D eigenvalue weighted by Crippen LogP contribution is -2.42. The van der Waals surface area contributed by atoms with Gasteiger partial charge in [-0.1, -0.05) is 6.92 Å². The standard InChI is InChI=1S/C16H31N3O.2ClH/c1-12(14-5-4-8-17-11-14)9-16(20)18-10-13(2)19(3)15-6-7-15;;/h12-15,17H,4-11H2,1-3H3,(H,18,20);2*1H. The van der Waals surface area contributed by atoms with Gasteiger partial charge >= 0.3 is 0 Å². The zero-order valence-corrected chi connectivity index (χ0v) is 15.8. The molecule has 0 spiro atoms. The van der Waals surface area contributed by atoms with E-state index in [0.717, 1.165) is 25.7 Å². The smallest absolute Gasteiger partial charge is 0.220 e. The topological polar surface area (TPSA) is 44.4 Å². The summed E-state index contributed by atoms with van der Waals surface area (Å²) in [6, 6.07) is 1.20. The summed E-state index contributed by atoms with van der Waals surface area (Å²) in [6.07, 6.45) is 5.83. The van der Waals surface area contributed by atoms with Crippen LogP contribution in [0.3, 0.4) is 0 Å². The molecule has 1 aliphatic heterocycles. The molecule has 0 aromatic heterocycles. The molecule has 132 valence electrons. The maximum atomic E-state index is 12.1. The zero-order chi connectivity index (χ0) is 14.5. The van der Waals surface area contributed by atoms with Crippen LogP contribution in [0, 0.1) is 11.8 Å². The van der Waals surface area contributed by atoms with Crippen molar-refractivity contribution >= 4 is 30.7 Å². The third-order valence-corrected chi connectivity index (χ3v) is 5.06. The van der Waals surface area contributed by atoms with Crippen molar-refractivity contribution in [2.24, 2.45) is 11.8 Å². The van der Waals surface area contributed by atoms with Gasteiger partial charge in [-0.05, 0) is 64.6 Å². The second-order valence-corrected chi connectivity index (χ2v) is 6.84. The Bertz CT molecular complexity index is 321. The van der Waals surface area contributed by atoms with Gasteiger partial charge in [0.25, 0.3) is 0 Å². The van der Waals surface area contributed by atoms with E-state index in [1.165, 1.54) is 25.7 Å². The summed E-state index contributed by atoms with van der Waals surface area (Å²) in [4.78, 5) is 14.5. The molecule has 3 atom stereocenters. The summed E-state index contributed by atoms with van der Waals surface area (Å²) < 4.78 is 0. The highest BCUT2D eigenvalue weighted by Crippen LogP contribution is 2.26. The summed E-state index contributed by atoms with van der Waals surface area (Å²) >= 11 is 0. The van der Waals surface area contributed by atoms with Gasteiger partial charge in [0.2, 0.25) is 5.91 Å². The first-order chi connectivity index (χ1) is 9.58. The number of hydrogen-bond donors (Lipinski definition) is 2. The highest BCUT2D eigenvalue weighted by atomic mass is 35.5. The minimum atomic E-state index is 0. The number of carbonyl (C=O) groups is 1. The monoisotopic (exact) mass is 353 g/mol. The Hall–Kier alpha value is -0.0300. The SMILES string of the molecule is CC(CC(=O)NCC(C)N(C)C1CC1)C1CCCNC1.Cl.Cl. The normalized spacial score (nSPS) is 23.9. The Labute approximate surface area is 148 Å². The van der Waals surface area contributed by atoms with Crippen LogP contribution in [0.25, 0.3) is 0 Å². The Kier molecular flexibility index (Phi) is 10.7. The van der Waals surface area contributed by atoms with E-state index in [0.29, 0.717) is 24.3 Å². The van der Waals surface area contributed by atoms with E-state index in [4.69, 9.17) is 0 Å². The predicted molar refractivity (Wildman–Crippen MR) is 97.1 cm³/mol. The molecule has 1 saturated heterocycles. The Balaban J connectivity index is 0.00000220. The molecule has 2 fully saturated rings. The van der Waals surface area contributed by atoms with Gasteiger partial charge < -0.3 is 10.6 Å². The van der Waals surface area contributed by atoms with E-state index in [1.807, 2.05) is 0 Å². The van der Waals surface area contributed by atoms with Crippen LogP contribution in [0.1, 0.15) is 46.0 Å². The summed E-state index contributed by atoms with van der Waals surface area (Å²) in [5.41, 5.74) is 0. The number of piperidine rings is 1. The summed E-state index contributed by atoms with van der Waals surface area (Å²) in [5, 5.41) is 6.55. The van der Waals surface area contributed by atoms with Crippen molar-refractivity contribution in [1.29, 1.82) is 0 Å². The van der Waals surface area contributed by atoms with Gasteiger partial charge in [0, 0.05) is 25.0 Å². The first-order valence-electron chi connectivity index (χ1n) is 8.27. The fourth-order valence-electron chi connectivity index (χ4n) is 3.14. The lowest BCUT2D eigenvalue weighted by atomic mass is 9.85. The molecular weight excluding hydrogens is 321 g/mol. The molecule has 2 aliphatic rings. The van der Waals surface area contributed by atoms with Gasteiger partial charge in [-0.2, -0.15) is 0 Å². The molecule has 1 amide bonds. The Morgan fingerprint density at radius 3 is 2.50 bits per heavy atom. The first-order valence-corrected chi connectivity index (χ1v) is 8.27. The van der Waals surface area contributed by atoms with Crippen LogP contribution < -0.4 is 10.6 Å². The number of carbonyl (C=O) groups excluding carboxylic acids is 1. The number of nitrogens with one attached hydrogen (secondary N) is 2. The highest BCUT2D eigenvalue weighted by molar-refractivity contribution is 5.85. The molecule has 0 bridgehead atoms. The van der Waals surface area contributed by atoms with E-state index in [9.17, 15) is 4.79 Å². The number of halogens is 2. The van der Waals surface area contributed by atoms with Crippen LogP contribution in [-0.2, 0) is 4.79 Å². The fraction of sp³-hybridized carbons (Fsp3) is 0.938. The van der Waals surface area contributed by atoms with Crippen molar-refractivity contribution in [3.05, 3.63) is 0 Å². The van der Waals surface area contributed by atoms with Crippen LogP contribution in [0.15, 0.2) is 0 Å². The molecule has 22 heavy (non-hydrogen) atoms. The lowest BCUT2D eigenvalue weighted by Gasteiger charge is -2.28. The van der Waals surface area contributed by atoms with Gasteiger partial charge in [0.15, 0.2) is 0 Å². The Morgan fingerprint density at radius 2 is 1.95 bits per heavy atom. The molecule has 0 radical (unpaired) electrons. The largest absolute Gasteiger partial charge is 0.355 e. The van der Waals surface area contributed by atoms with Crippen molar-refractivity contribution in [2.45, 2.75) is 58.0 Å². The van der Waals surface area contributed by atoms with Gasteiger partial charge in [0.1, 0.15) is 0 Å². The predicted octanol–water partition coefficient (Wildman–Crippen LogP) is 2.45. The quantitative estimate of drug-likeness (QED) is 0.738. The van der Waals surface area contributed by atoms with Crippen molar-refractivity contribution in [3.63, 3.8) is 0 Å². The fourth-order valence-corrected chi connectivity index (χ4v) is 3.14. The van der Waals surface area contributed by atoms with E-state index < -0.39 is 0 Å². The Morgan fingerprint density at radius 1 is 1.27 bits per heavy atom. The molecule has 4 nitrogen and oxygen atoms in total. The van der Waals surface area contributed by atoms with E-state index in [2.05, 4.69) is 36.4 Å². The molecule has 1 aliphatic carbocycles. The highest BCUT2D eigenvalue weighted by Gasteiger charge is 2.29. The van der Waals surface area contributed by atoms with Crippen molar-refractivity contribution in [3.8, 4) is 0 Å². The minimum Gasteiger partial charge on any atom is -0.355 e. The lowest BCUT2D eigenvalue weighted by molar-refractivity contribution is -0.122. The number of rotatable bonds is 7. The van der Waals surface area contributed by atoms with Crippen LogP contribution >= 0.6 is 24.8 Å². The van der Waals surface area contributed by atoms with E-state index >= 15 is 0 Å². The molecule has 2 rings (SSSR count). The number of amides is 1. The maximum absolute atomic E-state index is 12.1. The third-order valence-electron chi connectivity index (χ3n) is 5.06. The van der Waals surface area contributed by atoms with E-state index in [-0.39, 0.29) is 30.7 Å². The third kappa shape index (κ3) is 7.03. The van der Waals surface area contributed by atoms with Gasteiger partial charge in [-0.25, -0.2) is 0 Å². The van der Waals surface area contributed by atoms with E-state index in [1.54, 1.807) is 0 Å². The summed E-state index contributed by atoms with van der Waals surface area (Å²) in [5.74, 6) is 1.37. The number of likely N-dealkylation sites (N-methyl/N-ethyl adjacent to an activating group) is 1. The average molecular weight is 354 g/mol. The van der Waals surface area contributed by atoms with Crippen LogP contribution in [-0.4, -0.2) is 49.6 Å². The van der Waals surface area contributed by atoms with Crippen LogP contribution in [0.4, 0.5) is 0 Å². The van der Waals surface area contributed by atoms with Gasteiger partial charge in [-0.15, -0.1) is 24.8 Å². The second kappa shape index (κ2) is 10.7. The number of hydrogen-bond acceptors (Lipinski definition) is 3. The molecule has 2 N–H and O–H groups in total. The van der Waals surface area contributed by atoms with Crippen molar-refractivity contribution < 1.29 is 4.79 Å². The average Bonchev–Trinajstić information content (AvgIpc) is 3.29. The zero-order valence-electron chi connectivity index (χ0n) is 14.1. The molecule has 0 aromatic carbocycles.